The molecule has 1 aromatic heterocycles. The molecule has 3 rings (SSSR count). The zero-order valence-corrected chi connectivity index (χ0v) is 13.4. The van der Waals surface area contributed by atoms with E-state index in [0.717, 1.165) is 37.6 Å². The number of hydrogen-bond donors (Lipinski definition) is 1. The maximum absolute atomic E-state index is 12.5. The molecule has 0 spiro atoms. The number of benzene rings is 1. The number of H-pyrrole nitrogens is 1. The first-order chi connectivity index (χ1) is 10.8. The number of aromatic amines is 1. The molecule has 1 aliphatic carbocycles. The molecule has 0 radical (unpaired) electrons. The van der Waals surface area contributed by atoms with Crippen LogP contribution in [0.2, 0.25) is 0 Å². The molecule has 22 heavy (non-hydrogen) atoms. The van der Waals surface area contributed by atoms with Gasteiger partial charge in [-0.15, -0.1) is 0 Å². The summed E-state index contributed by atoms with van der Waals surface area (Å²) in [7, 11) is 0. The lowest BCUT2D eigenvalue weighted by atomic mass is 9.85. The average Bonchev–Trinajstić information content (AvgIpc) is 2.93. The summed E-state index contributed by atoms with van der Waals surface area (Å²) < 4.78 is 5.55. The molecule has 118 valence electrons. The number of ether oxygens (including phenoxy) is 1. The van der Waals surface area contributed by atoms with Crippen LogP contribution in [0, 0.1) is 0 Å². The third-order valence-electron chi connectivity index (χ3n) is 4.62. The molecule has 0 saturated heterocycles. The third kappa shape index (κ3) is 3.03. The number of fused-ring (bicyclic) bond motifs is 3. The molecule has 1 atom stereocenters. The van der Waals surface area contributed by atoms with Gasteiger partial charge in [0.25, 0.3) is 0 Å². The van der Waals surface area contributed by atoms with Gasteiger partial charge in [-0.05, 0) is 37.3 Å². The van der Waals surface area contributed by atoms with Gasteiger partial charge in [0.05, 0.1) is 12.5 Å². The van der Waals surface area contributed by atoms with Crippen molar-refractivity contribution in [3.8, 4) is 0 Å². The quantitative estimate of drug-likeness (QED) is 0.620. The van der Waals surface area contributed by atoms with Crippen molar-refractivity contribution in [1.82, 2.24) is 4.98 Å². The Morgan fingerprint density at radius 3 is 3.00 bits per heavy atom. The molecular formula is C19H25NO2. The molecule has 1 aliphatic rings. The van der Waals surface area contributed by atoms with Gasteiger partial charge >= 0.3 is 5.97 Å². The Kier molecular flexibility index (Phi) is 4.81. The van der Waals surface area contributed by atoms with Gasteiger partial charge in [-0.2, -0.15) is 0 Å². The first-order valence-corrected chi connectivity index (χ1v) is 8.57. The number of aryl methyl sites for hydroxylation is 1. The highest BCUT2D eigenvalue weighted by molar-refractivity contribution is 5.91. The van der Waals surface area contributed by atoms with E-state index in [1.807, 2.05) is 12.1 Å². The van der Waals surface area contributed by atoms with Crippen molar-refractivity contribution < 1.29 is 9.53 Å². The lowest BCUT2D eigenvalue weighted by Gasteiger charge is -2.21. The molecule has 0 amide bonds. The highest BCUT2D eigenvalue weighted by atomic mass is 16.5. The SMILES string of the molecule is CCCCCCOC(=O)C1CCCc2[nH]c3ccccc3c21. The van der Waals surface area contributed by atoms with Gasteiger partial charge in [-0.1, -0.05) is 44.4 Å². The van der Waals surface area contributed by atoms with Crippen LogP contribution in [0.4, 0.5) is 0 Å². The lowest BCUT2D eigenvalue weighted by molar-refractivity contribution is -0.146. The van der Waals surface area contributed by atoms with Gasteiger partial charge < -0.3 is 9.72 Å². The van der Waals surface area contributed by atoms with Crippen LogP contribution in [-0.4, -0.2) is 17.6 Å². The Bertz CT molecular complexity index is 644. The average molecular weight is 299 g/mol. The largest absolute Gasteiger partial charge is 0.465 e. The summed E-state index contributed by atoms with van der Waals surface area (Å²) in [6.07, 6.45) is 7.53. The minimum absolute atomic E-state index is 0.0396. The molecule has 1 unspecified atom stereocenters. The summed E-state index contributed by atoms with van der Waals surface area (Å²) in [6.45, 7) is 2.75. The fourth-order valence-corrected chi connectivity index (χ4v) is 3.48. The number of hydrogen-bond acceptors (Lipinski definition) is 2. The summed E-state index contributed by atoms with van der Waals surface area (Å²) in [5.41, 5.74) is 3.54. The number of rotatable bonds is 6. The summed E-state index contributed by atoms with van der Waals surface area (Å²) in [6, 6.07) is 8.27. The van der Waals surface area contributed by atoms with Crippen molar-refractivity contribution in [3.05, 3.63) is 35.5 Å². The molecule has 1 aromatic carbocycles. The van der Waals surface area contributed by atoms with E-state index in [4.69, 9.17) is 4.74 Å². The van der Waals surface area contributed by atoms with E-state index in [9.17, 15) is 4.79 Å². The van der Waals surface area contributed by atoms with E-state index in [1.54, 1.807) is 0 Å². The number of carbonyl (C=O) groups is 1. The highest BCUT2D eigenvalue weighted by Gasteiger charge is 2.30. The van der Waals surface area contributed by atoms with Gasteiger partial charge in [-0.3, -0.25) is 4.79 Å². The van der Waals surface area contributed by atoms with E-state index in [2.05, 4.69) is 24.0 Å². The van der Waals surface area contributed by atoms with Crippen molar-refractivity contribution in [2.75, 3.05) is 6.61 Å². The number of aromatic nitrogens is 1. The minimum atomic E-state index is -0.0916. The Balaban J connectivity index is 1.72. The second kappa shape index (κ2) is 6.99. The highest BCUT2D eigenvalue weighted by Crippen LogP contribution is 2.37. The topological polar surface area (TPSA) is 42.1 Å². The van der Waals surface area contributed by atoms with E-state index in [0.29, 0.717) is 6.61 Å². The number of esters is 1. The Labute approximate surface area is 132 Å². The molecule has 1 heterocycles. The van der Waals surface area contributed by atoms with Crippen LogP contribution >= 0.6 is 0 Å². The molecule has 0 fully saturated rings. The van der Waals surface area contributed by atoms with Gasteiger partial charge in [-0.25, -0.2) is 0 Å². The number of carbonyl (C=O) groups excluding carboxylic acids is 1. The monoisotopic (exact) mass is 299 g/mol. The predicted molar refractivity (Wildman–Crippen MR) is 89.1 cm³/mol. The molecule has 2 aromatic rings. The van der Waals surface area contributed by atoms with Crippen molar-refractivity contribution in [2.45, 2.75) is 57.8 Å². The molecule has 0 bridgehead atoms. The Morgan fingerprint density at radius 1 is 1.27 bits per heavy atom. The zero-order valence-electron chi connectivity index (χ0n) is 13.4. The van der Waals surface area contributed by atoms with Crippen molar-refractivity contribution in [2.24, 2.45) is 0 Å². The summed E-state index contributed by atoms with van der Waals surface area (Å²) in [5.74, 6) is -0.131. The molecule has 3 heteroatoms. The minimum Gasteiger partial charge on any atom is -0.465 e. The maximum Gasteiger partial charge on any atom is 0.313 e. The number of nitrogens with one attached hydrogen (secondary N) is 1. The Hall–Kier alpha value is -1.77. The van der Waals surface area contributed by atoms with Crippen LogP contribution in [0.25, 0.3) is 10.9 Å². The molecule has 3 nitrogen and oxygen atoms in total. The maximum atomic E-state index is 12.5. The molecule has 1 N–H and O–H groups in total. The van der Waals surface area contributed by atoms with Gasteiger partial charge in [0.15, 0.2) is 0 Å². The first kappa shape index (κ1) is 15.1. The second-order valence-electron chi connectivity index (χ2n) is 6.24. The molecule has 0 aliphatic heterocycles. The van der Waals surface area contributed by atoms with E-state index in [1.165, 1.54) is 29.5 Å². The van der Waals surface area contributed by atoms with E-state index >= 15 is 0 Å². The van der Waals surface area contributed by atoms with Crippen LogP contribution in [0.1, 0.15) is 62.6 Å². The number of unbranched alkanes of at least 4 members (excludes halogenated alkanes) is 3. The fraction of sp³-hybridized carbons (Fsp3) is 0.526. The van der Waals surface area contributed by atoms with Gasteiger partial charge in [0.2, 0.25) is 0 Å². The standard InChI is InChI=1S/C19H25NO2/c1-2-3-4-7-13-22-19(21)15-10-8-12-17-18(15)14-9-5-6-11-16(14)20-17/h5-6,9,11,15,20H,2-4,7-8,10,12-13H2,1H3. The molecule has 0 saturated carbocycles. The zero-order chi connectivity index (χ0) is 15.4. The summed E-state index contributed by atoms with van der Waals surface area (Å²) in [4.78, 5) is 16.0. The van der Waals surface area contributed by atoms with Crippen LogP contribution in [-0.2, 0) is 16.0 Å². The van der Waals surface area contributed by atoms with Crippen LogP contribution < -0.4 is 0 Å². The number of para-hydroxylation sites is 1. The van der Waals surface area contributed by atoms with Crippen LogP contribution in [0.15, 0.2) is 24.3 Å². The Morgan fingerprint density at radius 2 is 2.14 bits per heavy atom. The van der Waals surface area contributed by atoms with Gasteiger partial charge in [0, 0.05) is 16.6 Å². The van der Waals surface area contributed by atoms with Gasteiger partial charge in [0.1, 0.15) is 0 Å². The second-order valence-corrected chi connectivity index (χ2v) is 6.24. The normalized spacial score (nSPS) is 17.4. The third-order valence-corrected chi connectivity index (χ3v) is 4.62. The van der Waals surface area contributed by atoms with Crippen molar-refractivity contribution in [1.29, 1.82) is 0 Å². The fourth-order valence-electron chi connectivity index (χ4n) is 3.48. The van der Waals surface area contributed by atoms with Crippen molar-refractivity contribution in [3.63, 3.8) is 0 Å². The van der Waals surface area contributed by atoms with E-state index in [-0.39, 0.29) is 11.9 Å². The van der Waals surface area contributed by atoms with Crippen molar-refractivity contribution >= 4 is 16.9 Å². The molecular weight excluding hydrogens is 274 g/mol. The summed E-state index contributed by atoms with van der Waals surface area (Å²) >= 11 is 0. The van der Waals surface area contributed by atoms with Crippen LogP contribution in [0.3, 0.4) is 0 Å². The van der Waals surface area contributed by atoms with Crippen LogP contribution in [0.5, 0.6) is 0 Å². The first-order valence-electron chi connectivity index (χ1n) is 8.57. The lowest BCUT2D eigenvalue weighted by Crippen LogP contribution is -2.20. The summed E-state index contributed by atoms with van der Waals surface area (Å²) in [5, 5.41) is 1.19. The predicted octanol–water partition coefficient (Wildman–Crippen LogP) is 4.71. The van der Waals surface area contributed by atoms with E-state index < -0.39 is 0 Å². The smallest absolute Gasteiger partial charge is 0.313 e.